The van der Waals surface area contributed by atoms with Crippen molar-refractivity contribution < 1.29 is 4.74 Å². The normalized spacial score (nSPS) is 38.8. The lowest BCUT2D eigenvalue weighted by Crippen LogP contribution is -2.44. The number of hydrogen-bond donors (Lipinski definition) is 1. The Morgan fingerprint density at radius 1 is 1.12 bits per heavy atom. The molecule has 0 aromatic carbocycles. The van der Waals surface area contributed by atoms with Crippen molar-refractivity contribution in [2.75, 3.05) is 6.54 Å². The van der Waals surface area contributed by atoms with Crippen LogP contribution in [0.3, 0.4) is 0 Å². The van der Waals surface area contributed by atoms with Gasteiger partial charge in [0, 0.05) is 12.6 Å². The van der Waals surface area contributed by atoms with Crippen LogP contribution in [0.4, 0.5) is 0 Å². The average molecular weight is 225 g/mol. The third-order valence-electron chi connectivity index (χ3n) is 4.33. The highest BCUT2D eigenvalue weighted by atomic mass is 16.5. The van der Waals surface area contributed by atoms with Gasteiger partial charge in [-0.1, -0.05) is 19.8 Å². The van der Waals surface area contributed by atoms with Crippen molar-refractivity contribution in [2.45, 2.75) is 77.5 Å². The van der Waals surface area contributed by atoms with Gasteiger partial charge >= 0.3 is 0 Å². The molecule has 1 aliphatic carbocycles. The summed E-state index contributed by atoms with van der Waals surface area (Å²) in [7, 11) is 0. The van der Waals surface area contributed by atoms with Crippen molar-refractivity contribution in [1.29, 1.82) is 0 Å². The molecule has 2 nitrogen and oxygen atoms in total. The van der Waals surface area contributed by atoms with Crippen LogP contribution >= 0.6 is 0 Å². The first-order valence-electron chi connectivity index (χ1n) is 6.96. The van der Waals surface area contributed by atoms with Crippen LogP contribution in [0.25, 0.3) is 0 Å². The summed E-state index contributed by atoms with van der Waals surface area (Å²) in [6.07, 6.45) is 8.90. The number of nitrogens with one attached hydrogen (secondary N) is 1. The van der Waals surface area contributed by atoms with Crippen molar-refractivity contribution in [3.8, 4) is 0 Å². The molecular weight excluding hydrogens is 198 g/mol. The predicted octanol–water partition coefficient (Wildman–Crippen LogP) is 3.11. The Morgan fingerprint density at radius 3 is 2.25 bits per heavy atom. The van der Waals surface area contributed by atoms with Crippen molar-refractivity contribution >= 4 is 0 Å². The Kier molecular flexibility index (Phi) is 3.91. The molecule has 2 heteroatoms. The van der Waals surface area contributed by atoms with E-state index in [1.54, 1.807) is 0 Å². The van der Waals surface area contributed by atoms with E-state index in [4.69, 9.17) is 4.74 Å². The maximum Gasteiger partial charge on any atom is 0.0565 e. The molecule has 2 unspecified atom stereocenters. The van der Waals surface area contributed by atoms with Gasteiger partial charge in [-0.25, -0.2) is 0 Å². The second kappa shape index (κ2) is 5.05. The molecule has 0 aromatic heterocycles. The van der Waals surface area contributed by atoms with Crippen LogP contribution in [0.1, 0.15) is 59.3 Å². The lowest BCUT2D eigenvalue weighted by atomic mass is 9.88. The zero-order valence-electron chi connectivity index (χ0n) is 11.1. The first-order chi connectivity index (χ1) is 7.57. The fraction of sp³-hybridized carbons (Fsp3) is 1.00. The fourth-order valence-corrected chi connectivity index (χ4v) is 3.37. The molecule has 1 saturated carbocycles. The standard InChI is InChI=1S/C14H27NO/c1-11-8-13(9-12(2)16-11)15-10-14(3)6-4-5-7-14/h11-13,15H,4-10H2,1-3H3. The van der Waals surface area contributed by atoms with Crippen molar-refractivity contribution in [3.63, 3.8) is 0 Å². The molecule has 2 rings (SSSR count). The third-order valence-corrected chi connectivity index (χ3v) is 4.33. The average Bonchev–Trinajstić information content (AvgIpc) is 2.62. The van der Waals surface area contributed by atoms with E-state index in [9.17, 15) is 0 Å². The van der Waals surface area contributed by atoms with Crippen LogP contribution in [0.5, 0.6) is 0 Å². The van der Waals surface area contributed by atoms with Gasteiger partial charge in [0.05, 0.1) is 12.2 Å². The summed E-state index contributed by atoms with van der Waals surface area (Å²) >= 11 is 0. The lowest BCUT2D eigenvalue weighted by molar-refractivity contribution is -0.0431. The summed E-state index contributed by atoms with van der Waals surface area (Å²) < 4.78 is 5.77. The third kappa shape index (κ3) is 3.21. The molecule has 94 valence electrons. The highest BCUT2D eigenvalue weighted by Crippen LogP contribution is 2.37. The quantitative estimate of drug-likeness (QED) is 0.797. The van der Waals surface area contributed by atoms with Gasteiger partial charge in [0.25, 0.3) is 0 Å². The lowest BCUT2D eigenvalue weighted by Gasteiger charge is -2.35. The molecule has 2 atom stereocenters. The highest BCUT2D eigenvalue weighted by Gasteiger charge is 2.30. The van der Waals surface area contributed by atoms with Gasteiger partial charge < -0.3 is 10.1 Å². The van der Waals surface area contributed by atoms with Crippen molar-refractivity contribution in [1.82, 2.24) is 5.32 Å². The van der Waals surface area contributed by atoms with Crippen LogP contribution in [0.2, 0.25) is 0 Å². The summed E-state index contributed by atoms with van der Waals surface area (Å²) in [6.45, 7) is 8.04. The van der Waals surface area contributed by atoms with Crippen LogP contribution in [0.15, 0.2) is 0 Å². The van der Waals surface area contributed by atoms with Crippen LogP contribution in [-0.2, 0) is 4.74 Å². The molecule has 0 amide bonds. The zero-order chi connectivity index (χ0) is 11.6. The Bertz CT molecular complexity index is 213. The summed E-state index contributed by atoms with van der Waals surface area (Å²) in [6, 6.07) is 0.677. The van der Waals surface area contributed by atoms with Crippen molar-refractivity contribution in [3.05, 3.63) is 0 Å². The second-order valence-corrected chi connectivity index (χ2v) is 6.32. The van der Waals surface area contributed by atoms with E-state index in [1.165, 1.54) is 45.1 Å². The molecule has 1 saturated heterocycles. The molecule has 0 aromatic rings. The highest BCUT2D eigenvalue weighted by molar-refractivity contribution is 4.86. The zero-order valence-corrected chi connectivity index (χ0v) is 11.1. The molecule has 2 fully saturated rings. The number of ether oxygens (including phenoxy) is 1. The first kappa shape index (κ1) is 12.4. The van der Waals surface area contributed by atoms with Crippen LogP contribution in [0, 0.1) is 5.41 Å². The molecule has 1 heterocycles. The van der Waals surface area contributed by atoms with E-state index < -0.39 is 0 Å². The summed E-state index contributed by atoms with van der Waals surface area (Å²) in [4.78, 5) is 0. The van der Waals surface area contributed by atoms with Crippen LogP contribution < -0.4 is 5.32 Å². The molecule has 2 aliphatic rings. The Balaban J connectivity index is 1.76. The maximum absolute atomic E-state index is 5.77. The number of rotatable bonds is 3. The van der Waals surface area contributed by atoms with Gasteiger partial charge in [-0.15, -0.1) is 0 Å². The van der Waals surface area contributed by atoms with E-state index in [0.717, 1.165) is 0 Å². The maximum atomic E-state index is 5.77. The van der Waals surface area contributed by atoms with Gasteiger partial charge in [-0.3, -0.25) is 0 Å². The SMILES string of the molecule is CC1CC(NCC2(C)CCCC2)CC(C)O1. The minimum Gasteiger partial charge on any atom is -0.375 e. The van der Waals surface area contributed by atoms with E-state index in [2.05, 4.69) is 26.1 Å². The van der Waals surface area contributed by atoms with Crippen LogP contribution in [-0.4, -0.2) is 24.8 Å². The largest absolute Gasteiger partial charge is 0.375 e. The van der Waals surface area contributed by atoms with Gasteiger partial charge in [-0.05, 0) is 44.9 Å². The smallest absolute Gasteiger partial charge is 0.0565 e. The fourth-order valence-electron chi connectivity index (χ4n) is 3.37. The van der Waals surface area contributed by atoms with E-state index in [-0.39, 0.29) is 0 Å². The molecule has 1 N–H and O–H groups in total. The van der Waals surface area contributed by atoms with E-state index >= 15 is 0 Å². The van der Waals surface area contributed by atoms with E-state index in [1.807, 2.05) is 0 Å². The number of hydrogen-bond acceptors (Lipinski definition) is 2. The molecular formula is C14H27NO. The molecule has 1 aliphatic heterocycles. The Morgan fingerprint density at radius 2 is 1.69 bits per heavy atom. The molecule has 0 spiro atoms. The summed E-state index contributed by atoms with van der Waals surface area (Å²) in [5, 5.41) is 3.78. The predicted molar refractivity (Wildman–Crippen MR) is 67.6 cm³/mol. The monoisotopic (exact) mass is 225 g/mol. The van der Waals surface area contributed by atoms with Gasteiger partial charge in [0.1, 0.15) is 0 Å². The summed E-state index contributed by atoms with van der Waals surface area (Å²) in [5.74, 6) is 0. The first-order valence-corrected chi connectivity index (χ1v) is 6.96. The van der Waals surface area contributed by atoms with Gasteiger partial charge in [-0.2, -0.15) is 0 Å². The Labute approximate surface area is 100 Å². The topological polar surface area (TPSA) is 21.3 Å². The van der Waals surface area contributed by atoms with E-state index in [0.29, 0.717) is 23.7 Å². The second-order valence-electron chi connectivity index (χ2n) is 6.32. The van der Waals surface area contributed by atoms with Gasteiger partial charge in [0.2, 0.25) is 0 Å². The molecule has 16 heavy (non-hydrogen) atoms. The Hall–Kier alpha value is -0.0800. The molecule has 0 bridgehead atoms. The van der Waals surface area contributed by atoms with Crippen molar-refractivity contribution in [2.24, 2.45) is 5.41 Å². The minimum absolute atomic E-state index is 0.428. The molecule has 0 radical (unpaired) electrons. The van der Waals surface area contributed by atoms with Gasteiger partial charge in [0.15, 0.2) is 0 Å². The minimum atomic E-state index is 0.428. The summed E-state index contributed by atoms with van der Waals surface area (Å²) in [5.41, 5.74) is 0.574.